The fourth-order valence-corrected chi connectivity index (χ4v) is 1.79. The van der Waals surface area contributed by atoms with Crippen molar-refractivity contribution < 1.29 is 13.9 Å². The van der Waals surface area contributed by atoms with Gasteiger partial charge in [0.1, 0.15) is 5.52 Å². The second-order valence-electron chi connectivity index (χ2n) is 3.69. The summed E-state index contributed by atoms with van der Waals surface area (Å²) in [5, 5.41) is 0. The van der Waals surface area contributed by atoms with Crippen LogP contribution in [0.4, 0.5) is 6.01 Å². The number of hydrogen-bond acceptors (Lipinski definition) is 6. The SMILES string of the molecule is COC(=O)CCCSC.Nc1nc2ccccc2o1. The molecule has 0 fully saturated rings. The Morgan fingerprint density at radius 1 is 1.47 bits per heavy atom. The molecule has 1 heterocycles. The van der Waals surface area contributed by atoms with Crippen molar-refractivity contribution in [3.63, 3.8) is 0 Å². The third-order valence-corrected chi connectivity index (χ3v) is 2.96. The minimum atomic E-state index is -0.107. The van der Waals surface area contributed by atoms with Crippen LogP contribution in [-0.4, -0.2) is 30.1 Å². The molecular formula is C13H18N2O3S. The van der Waals surface area contributed by atoms with Gasteiger partial charge in [0.25, 0.3) is 6.01 Å². The van der Waals surface area contributed by atoms with Crippen LogP contribution in [0.5, 0.6) is 0 Å². The monoisotopic (exact) mass is 282 g/mol. The molecule has 1 aromatic heterocycles. The van der Waals surface area contributed by atoms with Gasteiger partial charge in [-0.15, -0.1) is 0 Å². The molecular weight excluding hydrogens is 264 g/mol. The predicted molar refractivity (Wildman–Crippen MR) is 78.1 cm³/mol. The van der Waals surface area contributed by atoms with Crippen LogP contribution in [0.2, 0.25) is 0 Å². The van der Waals surface area contributed by atoms with Gasteiger partial charge in [-0.1, -0.05) is 12.1 Å². The first-order chi connectivity index (χ1) is 9.17. The molecule has 19 heavy (non-hydrogen) atoms. The fraction of sp³-hybridized carbons (Fsp3) is 0.385. The summed E-state index contributed by atoms with van der Waals surface area (Å²) in [7, 11) is 1.42. The fourth-order valence-electron chi connectivity index (χ4n) is 1.35. The number of methoxy groups -OCH3 is 1. The van der Waals surface area contributed by atoms with E-state index in [1.54, 1.807) is 11.8 Å². The van der Waals surface area contributed by atoms with Crippen molar-refractivity contribution in [1.82, 2.24) is 4.98 Å². The summed E-state index contributed by atoms with van der Waals surface area (Å²) in [5.74, 6) is 0.929. The summed E-state index contributed by atoms with van der Waals surface area (Å²) in [5.41, 5.74) is 6.85. The van der Waals surface area contributed by atoms with Gasteiger partial charge in [-0.2, -0.15) is 16.7 Å². The van der Waals surface area contributed by atoms with Crippen molar-refractivity contribution in [3.8, 4) is 0 Å². The maximum absolute atomic E-state index is 10.5. The van der Waals surface area contributed by atoms with E-state index in [0.717, 1.165) is 23.3 Å². The highest BCUT2D eigenvalue weighted by Gasteiger charge is 1.98. The number of anilines is 1. The lowest BCUT2D eigenvalue weighted by Gasteiger charge is -1.95. The molecule has 2 aromatic rings. The Bertz CT molecular complexity index is 480. The minimum Gasteiger partial charge on any atom is -0.469 e. The molecule has 0 unspecified atom stereocenters. The number of nitrogen functional groups attached to an aromatic ring is 1. The number of nitrogens with two attached hydrogens (primary N) is 1. The van der Waals surface area contributed by atoms with E-state index in [2.05, 4.69) is 9.72 Å². The number of carbonyl (C=O) groups is 1. The topological polar surface area (TPSA) is 78.4 Å². The van der Waals surface area contributed by atoms with E-state index in [0.29, 0.717) is 6.42 Å². The molecule has 0 spiro atoms. The van der Waals surface area contributed by atoms with Gasteiger partial charge in [0.15, 0.2) is 5.58 Å². The van der Waals surface area contributed by atoms with E-state index in [1.165, 1.54) is 7.11 Å². The van der Waals surface area contributed by atoms with Gasteiger partial charge in [-0.25, -0.2) is 0 Å². The zero-order chi connectivity index (χ0) is 14.1. The van der Waals surface area contributed by atoms with Crippen molar-refractivity contribution in [2.75, 3.05) is 24.9 Å². The zero-order valence-corrected chi connectivity index (χ0v) is 11.9. The second-order valence-corrected chi connectivity index (χ2v) is 4.68. The molecule has 0 bridgehead atoms. The molecule has 0 radical (unpaired) electrons. The van der Waals surface area contributed by atoms with Crippen LogP contribution in [0, 0.1) is 0 Å². The number of thioether (sulfide) groups is 1. The summed E-state index contributed by atoms with van der Waals surface area (Å²) in [6.07, 6.45) is 3.50. The van der Waals surface area contributed by atoms with Crippen molar-refractivity contribution in [2.24, 2.45) is 0 Å². The summed E-state index contributed by atoms with van der Waals surface area (Å²) in [4.78, 5) is 14.4. The number of hydrogen-bond donors (Lipinski definition) is 1. The highest BCUT2D eigenvalue weighted by molar-refractivity contribution is 7.98. The molecule has 1 aromatic carbocycles. The Morgan fingerprint density at radius 3 is 2.84 bits per heavy atom. The number of esters is 1. The molecule has 5 nitrogen and oxygen atoms in total. The maximum Gasteiger partial charge on any atom is 0.305 e. The molecule has 0 aliphatic rings. The second kappa shape index (κ2) is 8.42. The Labute approximate surface area is 116 Å². The van der Waals surface area contributed by atoms with Crippen LogP contribution in [0.3, 0.4) is 0 Å². The number of carbonyl (C=O) groups excluding carboxylic acids is 1. The van der Waals surface area contributed by atoms with Crippen LogP contribution >= 0.6 is 11.8 Å². The largest absolute Gasteiger partial charge is 0.469 e. The van der Waals surface area contributed by atoms with Gasteiger partial charge in [0.2, 0.25) is 0 Å². The van der Waals surface area contributed by atoms with Crippen LogP contribution < -0.4 is 5.73 Å². The highest BCUT2D eigenvalue weighted by Crippen LogP contribution is 2.14. The van der Waals surface area contributed by atoms with E-state index in [1.807, 2.05) is 30.5 Å². The lowest BCUT2D eigenvalue weighted by molar-refractivity contribution is -0.140. The summed E-state index contributed by atoms with van der Waals surface area (Å²) < 4.78 is 9.48. The number of rotatable bonds is 4. The van der Waals surface area contributed by atoms with Crippen molar-refractivity contribution >= 4 is 34.8 Å². The number of benzene rings is 1. The van der Waals surface area contributed by atoms with Crippen LogP contribution in [0.1, 0.15) is 12.8 Å². The predicted octanol–water partition coefficient (Wildman–Crippen LogP) is 2.71. The third-order valence-electron chi connectivity index (χ3n) is 2.27. The molecule has 0 saturated heterocycles. The van der Waals surface area contributed by atoms with Crippen LogP contribution in [0.15, 0.2) is 28.7 Å². The molecule has 104 valence electrons. The molecule has 2 N–H and O–H groups in total. The Hall–Kier alpha value is -1.69. The van der Waals surface area contributed by atoms with Gasteiger partial charge in [0.05, 0.1) is 7.11 Å². The van der Waals surface area contributed by atoms with Gasteiger partial charge >= 0.3 is 5.97 Å². The molecule has 2 rings (SSSR count). The smallest absolute Gasteiger partial charge is 0.305 e. The number of nitrogens with zero attached hydrogens (tertiary/aromatic N) is 1. The first kappa shape index (κ1) is 15.4. The average molecular weight is 282 g/mol. The summed E-state index contributed by atoms with van der Waals surface area (Å²) >= 11 is 1.75. The van der Waals surface area contributed by atoms with Crippen LogP contribution in [0.25, 0.3) is 11.1 Å². The summed E-state index contributed by atoms with van der Waals surface area (Å²) in [6.45, 7) is 0. The lowest BCUT2D eigenvalue weighted by atomic mass is 10.3. The molecule has 6 heteroatoms. The van der Waals surface area contributed by atoms with Crippen molar-refractivity contribution in [1.29, 1.82) is 0 Å². The third kappa shape index (κ3) is 5.65. The maximum atomic E-state index is 10.5. The molecule has 0 saturated carbocycles. The van der Waals surface area contributed by atoms with E-state index < -0.39 is 0 Å². The average Bonchev–Trinajstić information content (AvgIpc) is 2.79. The Kier molecular flexibility index (Phi) is 6.81. The van der Waals surface area contributed by atoms with Crippen molar-refractivity contribution in [3.05, 3.63) is 24.3 Å². The zero-order valence-electron chi connectivity index (χ0n) is 11.1. The molecule has 0 aliphatic heterocycles. The quantitative estimate of drug-likeness (QED) is 0.686. The minimum absolute atomic E-state index is 0.107. The first-order valence-electron chi connectivity index (χ1n) is 5.84. The normalized spacial score (nSPS) is 9.79. The van der Waals surface area contributed by atoms with E-state index >= 15 is 0 Å². The standard InChI is InChI=1S/C7H6N2O.C6H12O2S/c8-7-9-5-3-1-2-4-6(5)10-7;1-8-6(7)4-3-5-9-2/h1-4H,(H2,8,9);3-5H2,1-2H3. The lowest BCUT2D eigenvalue weighted by Crippen LogP contribution is -1.99. The van der Waals surface area contributed by atoms with E-state index in [-0.39, 0.29) is 12.0 Å². The van der Waals surface area contributed by atoms with Gasteiger partial charge < -0.3 is 14.9 Å². The van der Waals surface area contributed by atoms with E-state index in [4.69, 9.17) is 10.2 Å². The van der Waals surface area contributed by atoms with Gasteiger partial charge in [-0.3, -0.25) is 4.79 Å². The van der Waals surface area contributed by atoms with Gasteiger partial charge in [0, 0.05) is 6.42 Å². The molecule has 0 atom stereocenters. The van der Waals surface area contributed by atoms with Crippen molar-refractivity contribution in [2.45, 2.75) is 12.8 Å². The number of oxazole rings is 1. The number of fused-ring (bicyclic) bond motifs is 1. The number of ether oxygens (including phenoxy) is 1. The Morgan fingerprint density at radius 2 is 2.21 bits per heavy atom. The van der Waals surface area contributed by atoms with Gasteiger partial charge in [-0.05, 0) is 30.6 Å². The first-order valence-corrected chi connectivity index (χ1v) is 7.23. The number of aromatic nitrogens is 1. The highest BCUT2D eigenvalue weighted by atomic mass is 32.2. The Balaban J connectivity index is 0.000000192. The molecule has 0 amide bonds. The van der Waals surface area contributed by atoms with Crippen LogP contribution in [-0.2, 0) is 9.53 Å². The molecule has 0 aliphatic carbocycles. The number of para-hydroxylation sites is 2. The van der Waals surface area contributed by atoms with E-state index in [9.17, 15) is 4.79 Å². The summed E-state index contributed by atoms with van der Waals surface area (Å²) in [6, 6.07) is 7.69.